The number of nitrogens with one attached hydrogen (secondary N) is 1. The number of aryl methyl sites for hydroxylation is 1. The third-order valence-electron chi connectivity index (χ3n) is 3.20. The van der Waals surface area contributed by atoms with Gasteiger partial charge in [0.25, 0.3) is 5.56 Å². The molecule has 2 aromatic heterocycles. The summed E-state index contributed by atoms with van der Waals surface area (Å²) in [6, 6.07) is 7.55. The summed E-state index contributed by atoms with van der Waals surface area (Å²) < 4.78 is 9.50. The lowest BCUT2D eigenvalue weighted by molar-refractivity contribution is 0.438. The molecular formula is C13H11BrN4O2S. The Hall–Kier alpha value is -1.93. The van der Waals surface area contributed by atoms with Crippen LogP contribution in [0.3, 0.4) is 0 Å². The van der Waals surface area contributed by atoms with Crippen LogP contribution in [0.1, 0.15) is 0 Å². The van der Waals surface area contributed by atoms with Crippen LogP contribution in [0.5, 0.6) is 0 Å². The molecule has 0 fully saturated rings. The molecule has 0 aliphatic carbocycles. The van der Waals surface area contributed by atoms with E-state index in [1.54, 1.807) is 18.7 Å². The molecule has 0 saturated heterocycles. The highest BCUT2D eigenvalue weighted by Crippen LogP contribution is 2.27. The molecule has 0 spiro atoms. The fourth-order valence-corrected chi connectivity index (χ4v) is 2.59. The second-order valence-electron chi connectivity index (χ2n) is 4.52. The number of halogens is 1. The van der Waals surface area contributed by atoms with E-state index in [2.05, 4.69) is 26.4 Å². The van der Waals surface area contributed by atoms with E-state index in [9.17, 15) is 4.79 Å². The van der Waals surface area contributed by atoms with Gasteiger partial charge in [0.1, 0.15) is 5.39 Å². The van der Waals surface area contributed by atoms with Gasteiger partial charge in [0.15, 0.2) is 10.6 Å². The minimum Gasteiger partial charge on any atom is -0.336 e. The van der Waals surface area contributed by atoms with Crippen molar-refractivity contribution in [2.24, 2.45) is 14.1 Å². The molecule has 3 rings (SSSR count). The number of para-hydroxylation sites is 1. The predicted molar refractivity (Wildman–Crippen MR) is 86.5 cm³/mol. The van der Waals surface area contributed by atoms with Crippen molar-refractivity contribution in [3.63, 3.8) is 0 Å². The molecule has 1 aromatic carbocycles. The number of fused-ring (bicyclic) bond motifs is 1. The van der Waals surface area contributed by atoms with Crippen molar-refractivity contribution in [1.29, 1.82) is 0 Å². The number of anilines is 2. The van der Waals surface area contributed by atoms with E-state index in [-0.39, 0.29) is 5.56 Å². The highest BCUT2D eigenvalue weighted by atomic mass is 79.9. The van der Waals surface area contributed by atoms with Crippen molar-refractivity contribution in [2.45, 2.75) is 0 Å². The second-order valence-corrected chi connectivity index (χ2v) is 5.74. The Balaban J connectivity index is 2.24. The van der Waals surface area contributed by atoms with Gasteiger partial charge in [-0.05, 0) is 40.3 Å². The molecule has 6 nitrogen and oxygen atoms in total. The molecule has 1 N–H and O–H groups in total. The SMILES string of the molecule is Cn1c(=O)c2c(Nc3ccccc3Br)noc2n(C)c1=S. The zero-order valence-electron chi connectivity index (χ0n) is 11.3. The van der Waals surface area contributed by atoms with Crippen LogP contribution in [0, 0.1) is 4.77 Å². The molecule has 0 aliphatic rings. The van der Waals surface area contributed by atoms with E-state index >= 15 is 0 Å². The Morgan fingerprint density at radius 1 is 1.29 bits per heavy atom. The molecule has 21 heavy (non-hydrogen) atoms. The minimum absolute atomic E-state index is 0.246. The Labute approximate surface area is 133 Å². The molecule has 0 radical (unpaired) electrons. The van der Waals surface area contributed by atoms with Gasteiger partial charge in [-0.2, -0.15) is 0 Å². The maximum Gasteiger partial charge on any atom is 0.269 e. The van der Waals surface area contributed by atoms with E-state index in [4.69, 9.17) is 16.7 Å². The van der Waals surface area contributed by atoms with Crippen molar-refractivity contribution < 1.29 is 4.52 Å². The molecule has 3 aromatic rings. The van der Waals surface area contributed by atoms with Crippen LogP contribution in [0.15, 0.2) is 38.1 Å². The summed E-state index contributed by atoms with van der Waals surface area (Å²) in [5.41, 5.74) is 0.890. The molecule has 0 bridgehead atoms. The Morgan fingerprint density at radius 2 is 2.00 bits per heavy atom. The molecule has 0 unspecified atom stereocenters. The minimum atomic E-state index is -0.246. The van der Waals surface area contributed by atoms with Gasteiger partial charge in [-0.3, -0.25) is 13.9 Å². The lowest BCUT2D eigenvalue weighted by atomic mass is 10.3. The molecule has 8 heteroatoms. The number of nitrogens with zero attached hydrogens (tertiary/aromatic N) is 3. The predicted octanol–water partition coefficient (Wildman–Crippen LogP) is 3.10. The van der Waals surface area contributed by atoms with Crippen LogP contribution in [0.25, 0.3) is 11.1 Å². The number of rotatable bonds is 2. The number of hydrogen-bond acceptors (Lipinski definition) is 5. The summed E-state index contributed by atoms with van der Waals surface area (Å²) >= 11 is 8.62. The summed E-state index contributed by atoms with van der Waals surface area (Å²) in [6.07, 6.45) is 0. The van der Waals surface area contributed by atoms with E-state index < -0.39 is 0 Å². The lowest BCUT2D eigenvalue weighted by Crippen LogP contribution is -2.21. The first-order chi connectivity index (χ1) is 10.0. The average molecular weight is 367 g/mol. The fourth-order valence-electron chi connectivity index (χ4n) is 2.05. The van der Waals surface area contributed by atoms with Crippen molar-refractivity contribution in [1.82, 2.24) is 14.3 Å². The van der Waals surface area contributed by atoms with Gasteiger partial charge >= 0.3 is 0 Å². The quantitative estimate of drug-likeness (QED) is 0.706. The van der Waals surface area contributed by atoms with Gasteiger partial charge in [-0.25, -0.2) is 0 Å². The zero-order chi connectivity index (χ0) is 15.1. The van der Waals surface area contributed by atoms with Crippen molar-refractivity contribution in [3.8, 4) is 0 Å². The molecular weight excluding hydrogens is 356 g/mol. The Kier molecular flexibility index (Phi) is 3.42. The van der Waals surface area contributed by atoms with Crippen LogP contribution in [-0.2, 0) is 14.1 Å². The largest absolute Gasteiger partial charge is 0.336 e. The molecule has 108 valence electrons. The van der Waals surface area contributed by atoms with Crippen LogP contribution in [-0.4, -0.2) is 14.3 Å². The van der Waals surface area contributed by atoms with Gasteiger partial charge in [-0.1, -0.05) is 17.3 Å². The first-order valence-corrected chi connectivity index (χ1v) is 7.27. The smallest absolute Gasteiger partial charge is 0.269 e. The summed E-state index contributed by atoms with van der Waals surface area (Å²) in [5.74, 6) is 0.364. The van der Waals surface area contributed by atoms with Gasteiger partial charge in [0, 0.05) is 18.6 Å². The van der Waals surface area contributed by atoms with Crippen LogP contribution >= 0.6 is 28.1 Å². The fraction of sp³-hybridized carbons (Fsp3) is 0.154. The summed E-state index contributed by atoms with van der Waals surface area (Å²) in [6.45, 7) is 0. The molecule has 0 amide bonds. The van der Waals surface area contributed by atoms with Crippen molar-refractivity contribution in [3.05, 3.63) is 43.9 Å². The first-order valence-electron chi connectivity index (χ1n) is 6.07. The van der Waals surface area contributed by atoms with Crippen molar-refractivity contribution in [2.75, 3.05) is 5.32 Å². The maximum atomic E-state index is 12.4. The number of aromatic nitrogens is 3. The van der Waals surface area contributed by atoms with Gasteiger partial charge < -0.3 is 9.84 Å². The third-order valence-corrected chi connectivity index (χ3v) is 4.44. The highest BCUT2D eigenvalue weighted by molar-refractivity contribution is 9.10. The monoisotopic (exact) mass is 366 g/mol. The van der Waals surface area contributed by atoms with E-state index in [0.29, 0.717) is 21.7 Å². The average Bonchev–Trinajstić information content (AvgIpc) is 2.89. The number of hydrogen-bond donors (Lipinski definition) is 1. The van der Waals surface area contributed by atoms with Gasteiger partial charge in [0.05, 0.1) is 5.69 Å². The standard InChI is InChI=1S/C13H11BrN4O2S/c1-17-11(19)9-10(15-8-6-4-3-5-7(8)14)16-20-12(9)18(2)13(17)21/h3-6H,1-2H3,(H,15,16). The summed E-state index contributed by atoms with van der Waals surface area (Å²) in [5, 5.41) is 7.41. The maximum absolute atomic E-state index is 12.4. The first kappa shape index (κ1) is 14.0. The normalized spacial score (nSPS) is 11.0. The topological polar surface area (TPSA) is 65.0 Å². The number of benzene rings is 1. The summed E-state index contributed by atoms with van der Waals surface area (Å²) in [4.78, 5) is 12.4. The van der Waals surface area contributed by atoms with E-state index in [0.717, 1.165) is 10.2 Å². The van der Waals surface area contributed by atoms with Gasteiger partial charge in [0.2, 0.25) is 5.71 Å². The molecule has 0 saturated carbocycles. The van der Waals surface area contributed by atoms with Crippen LogP contribution < -0.4 is 10.9 Å². The molecule has 0 atom stereocenters. The highest BCUT2D eigenvalue weighted by Gasteiger charge is 2.17. The Morgan fingerprint density at radius 3 is 2.71 bits per heavy atom. The van der Waals surface area contributed by atoms with Crippen molar-refractivity contribution >= 4 is 50.8 Å². The summed E-state index contributed by atoms with van der Waals surface area (Å²) in [7, 11) is 3.36. The Bertz CT molecular complexity index is 957. The van der Waals surface area contributed by atoms with E-state index in [1.165, 1.54) is 4.57 Å². The van der Waals surface area contributed by atoms with Crippen LogP contribution in [0.2, 0.25) is 0 Å². The van der Waals surface area contributed by atoms with Crippen LogP contribution in [0.4, 0.5) is 11.5 Å². The second kappa shape index (κ2) is 5.12. The van der Waals surface area contributed by atoms with Gasteiger partial charge in [-0.15, -0.1) is 0 Å². The molecule has 2 heterocycles. The molecule has 0 aliphatic heterocycles. The zero-order valence-corrected chi connectivity index (χ0v) is 13.7. The third kappa shape index (κ3) is 2.20. The van der Waals surface area contributed by atoms with E-state index in [1.807, 2.05) is 24.3 Å². The lowest BCUT2D eigenvalue weighted by Gasteiger charge is -2.06.